The van der Waals surface area contributed by atoms with E-state index < -0.39 is 0 Å². The molecule has 0 radical (unpaired) electrons. The van der Waals surface area contributed by atoms with Gasteiger partial charge in [-0.2, -0.15) is 5.26 Å². The normalized spacial score (nSPS) is 14.4. The van der Waals surface area contributed by atoms with Crippen LogP contribution in [0.3, 0.4) is 0 Å². The van der Waals surface area contributed by atoms with Crippen molar-refractivity contribution in [2.24, 2.45) is 0 Å². The molecule has 1 aliphatic rings. The summed E-state index contributed by atoms with van der Waals surface area (Å²) < 4.78 is 0. The summed E-state index contributed by atoms with van der Waals surface area (Å²) in [5.41, 5.74) is 2.09. The number of allylic oxidation sites excluding steroid dienone is 2. The zero-order valence-electron chi connectivity index (χ0n) is 11.8. The first-order valence-corrected chi connectivity index (χ1v) is 6.76. The SMILES string of the molecule is CC.CCCCN(C)CC1=CCCC=C1C#N. The number of hydrogen-bond donors (Lipinski definition) is 0. The fourth-order valence-electron chi connectivity index (χ4n) is 1.79. The van der Waals surface area contributed by atoms with Gasteiger partial charge in [0.15, 0.2) is 0 Å². The van der Waals surface area contributed by atoms with Gasteiger partial charge in [0.25, 0.3) is 0 Å². The molecule has 17 heavy (non-hydrogen) atoms. The van der Waals surface area contributed by atoms with Crippen LogP contribution in [0.1, 0.15) is 46.5 Å². The van der Waals surface area contributed by atoms with Gasteiger partial charge in [0.1, 0.15) is 0 Å². The summed E-state index contributed by atoms with van der Waals surface area (Å²) in [7, 11) is 2.13. The molecule has 0 heterocycles. The van der Waals surface area contributed by atoms with Crippen LogP contribution in [0, 0.1) is 11.3 Å². The standard InChI is InChI=1S/C13H20N2.C2H6/c1-3-4-9-15(2)11-13-8-6-5-7-12(13)10-14;1-2/h7-8H,3-6,9,11H2,1-2H3;1-2H3. The lowest BCUT2D eigenvalue weighted by Gasteiger charge is -2.19. The second kappa shape index (κ2) is 10.1. The van der Waals surface area contributed by atoms with Crippen LogP contribution in [0.2, 0.25) is 0 Å². The molecule has 2 heteroatoms. The molecule has 0 aliphatic heterocycles. The Labute approximate surface area is 107 Å². The molecule has 0 saturated heterocycles. The maximum Gasteiger partial charge on any atom is 0.0991 e. The summed E-state index contributed by atoms with van der Waals surface area (Å²) in [6.45, 7) is 8.24. The highest BCUT2D eigenvalue weighted by atomic mass is 15.1. The third kappa shape index (κ3) is 6.28. The van der Waals surface area contributed by atoms with E-state index in [1.807, 2.05) is 13.8 Å². The van der Waals surface area contributed by atoms with Crippen LogP contribution in [0.15, 0.2) is 23.3 Å². The summed E-state index contributed by atoms with van der Waals surface area (Å²) in [6, 6.07) is 2.28. The van der Waals surface area contributed by atoms with Crippen molar-refractivity contribution in [3.63, 3.8) is 0 Å². The van der Waals surface area contributed by atoms with E-state index in [0.717, 1.165) is 31.5 Å². The average molecular weight is 234 g/mol. The maximum absolute atomic E-state index is 8.97. The number of rotatable bonds is 5. The molecule has 0 aromatic rings. The van der Waals surface area contributed by atoms with Crippen LogP contribution >= 0.6 is 0 Å². The van der Waals surface area contributed by atoms with Crippen LogP contribution < -0.4 is 0 Å². The zero-order chi connectivity index (χ0) is 13.1. The molecule has 96 valence electrons. The first-order chi connectivity index (χ1) is 8.27. The highest BCUT2D eigenvalue weighted by Gasteiger charge is 2.10. The molecule has 0 N–H and O–H groups in total. The molecule has 0 amide bonds. The molecule has 0 fully saturated rings. The van der Waals surface area contributed by atoms with E-state index in [1.165, 1.54) is 18.4 Å². The lowest BCUT2D eigenvalue weighted by Crippen LogP contribution is -2.23. The van der Waals surface area contributed by atoms with E-state index >= 15 is 0 Å². The van der Waals surface area contributed by atoms with Gasteiger partial charge in [-0.05, 0) is 38.4 Å². The molecule has 0 spiro atoms. The number of nitrogens with zero attached hydrogens (tertiary/aromatic N) is 2. The van der Waals surface area contributed by atoms with Crippen LogP contribution in [-0.4, -0.2) is 25.0 Å². The first kappa shape index (κ1) is 15.9. The van der Waals surface area contributed by atoms with Crippen LogP contribution in [0.25, 0.3) is 0 Å². The fourth-order valence-corrected chi connectivity index (χ4v) is 1.79. The molecule has 0 bridgehead atoms. The first-order valence-electron chi connectivity index (χ1n) is 6.76. The minimum Gasteiger partial charge on any atom is -0.302 e. The fraction of sp³-hybridized carbons (Fsp3) is 0.667. The second-order valence-corrected chi connectivity index (χ2v) is 4.13. The largest absolute Gasteiger partial charge is 0.302 e. The highest BCUT2D eigenvalue weighted by Crippen LogP contribution is 2.18. The number of hydrogen-bond acceptors (Lipinski definition) is 2. The van der Waals surface area contributed by atoms with E-state index in [-0.39, 0.29) is 0 Å². The molecule has 0 unspecified atom stereocenters. The Morgan fingerprint density at radius 2 is 1.94 bits per heavy atom. The minimum absolute atomic E-state index is 0.879. The zero-order valence-corrected chi connectivity index (χ0v) is 11.8. The average Bonchev–Trinajstić information content (AvgIpc) is 2.39. The van der Waals surface area contributed by atoms with Crippen molar-refractivity contribution < 1.29 is 0 Å². The van der Waals surface area contributed by atoms with Crippen molar-refractivity contribution >= 4 is 0 Å². The van der Waals surface area contributed by atoms with Crippen molar-refractivity contribution in [3.05, 3.63) is 23.3 Å². The molecular weight excluding hydrogens is 208 g/mol. The molecule has 0 saturated carbocycles. The maximum atomic E-state index is 8.97. The van der Waals surface area contributed by atoms with Crippen molar-refractivity contribution in [2.75, 3.05) is 20.1 Å². The van der Waals surface area contributed by atoms with E-state index in [4.69, 9.17) is 5.26 Å². The Kier molecular flexibility index (Phi) is 9.47. The summed E-state index contributed by atoms with van der Waals surface area (Å²) in [5, 5.41) is 8.97. The number of likely N-dealkylation sites (N-methyl/N-ethyl adjacent to an activating group) is 1. The Morgan fingerprint density at radius 3 is 2.53 bits per heavy atom. The van der Waals surface area contributed by atoms with Gasteiger partial charge in [0.2, 0.25) is 0 Å². The predicted molar refractivity (Wildman–Crippen MR) is 74.8 cm³/mol. The van der Waals surface area contributed by atoms with E-state index in [2.05, 4.69) is 37.1 Å². The summed E-state index contributed by atoms with van der Waals surface area (Å²) >= 11 is 0. The van der Waals surface area contributed by atoms with Crippen molar-refractivity contribution in [1.82, 2.24) is 4.90 Å². The molecule has 0 atom stereocenters. The third-order valence-corrected chi connectivity index (χ3v) is 2.71. The van der Waals surface area contributed by atoms with Crippen LogP contribution in [0.5, 0.6) is 0 Å². The molecule has 1 aliphatic carbocycles. The van der Waals surface area contributed by atoms with E-state index in [9.17, 15) is 0 Å². The summed E-state index contributed by atoms with van der Waals surface area (Å²) in [6.07, 6.45) is 8.83. The summed E-state index contributed by atoms with van der Waals surface area (Å²) in [4.78, 5) is 2.30. The smallest absolute Gasteiger partial charge is 0.0991 e. The molecular formula is C15H26N2. The second-order valence-electron chi connectivity index (χ2n) is 4.13. The predicted octanol–water partition coefficient (Wildman–Crippen LogP) is 3.91. The topological polar surface area (TPSA) is 27.0 Å². The quantitative estimate of drug-likeness (QED) is 0.721. The Morgan fingerprint density at radius 1 is 1.29 bits per heavy atom. The van der Waals surface area contributed by atoms with Gasteiger partial charge in [-0.15, -0.1) is 0 Å². The number of unbranched alkanes of at least 4 members (excludes halogenated alkanes) is 1. The third-order valence-electron chi connectivity index (χ3n) is 2.71. The van der Waals surface area contributed by atoms with Gasteiger partial charge in [-0.25, -0.2) is 0 Å². The van der Waals surface area contributed by atoms with Crippen molar-refractivity contribution in [2.45, 2.75) is 46.5 Å². The van der Waals surface area contributed by atoms with Crippen molar-refractivity contribution in [3.8, 4) is 6.07 Å². The van der Waals surface area contributed by atoms with Gasteiger partial charge in [-0.1, -0.05) is 39.3 Å². The lowest BCUT2D eigenvalue weighted by molar-refractivity contribution is 0.355. The van der Waals surface area contributed by atoms with Gasteiger partial charge < -0.3 is 4.90 Å². The lowest BCUT2D eigenvalue weighted by atomic mass is 9.98. The van der Waals surface area contributed by atoms with Crippen molar-refractivity contribution in [1.29, 1.82) is 5.26 Å². The molecule has 0 aromatic carbocycles. The molecule has 2 nitrogen and oxygen atoms in total. The van der Waals surface area contributed by atoms with Gasteiger partial charge in [-0.3, -0.25) is 0 Å². The van der Waals surface area contributed by atoms with Gasteiger partial charge >= 0.3 is 0 Å². The minimum atomic E-state index is 0.879. The monoisotopic (exact) mass is 234 g/mol. The highest BCUT2D eigenvalue weighted by molar-refractivity contribution is 5.44. The Bertz CT molecular complexity index is 295. The Hall–Kier alpha value is -1.07. The van der Waals surface area contributed by atoms with E-state index in [1.54, 1.807) is 0 Å². The Balaban J connectivity index is 0.00000121. The van der Waals surface area contributed by atoms with E-state index in [0.29, 0.717) is 0 Å². The molecule has 0 aromatic heterocycles. The van der Waals surface area contributed by atoms with Gasteiger partial charge in [0, 0.05) is 6.54 Å². The summed E-state index contributed by atoms with van der Waals surface area (Å²) in [5.74, 6) is 0. The molecule has 1 rings (SSSR count). The van der Waals surface area contributed by atoms with Gasteiger partial charge in [0.05, 0.1) is 11.6 Å². The van der Waals surface area contributed by atoms with Crippen LogP contribution in [0.4, 0.5) is 0 Å². The van der Waals surface area contributed by atoms with Crippen LogP contribution in [-0.2, 0) is 0 Å². The number of nitriles is 1.